The molecule has 0 radical (unpaired) electrons. The molecule has 0 amide bonds. The fourth-order valence-corrected chi connectivity index (χ4v) is 3.04. The van der Waals surface area contributed by atoms with Crippen molar-refractivity contribution >= 4 is 10.1 Å². The number of ether oxygens (including phenoxy) is 2. The monoisotopic (exact) mass is 312 g/mol. The van der Waals surface area contributed by atoms with Gasteiger partial charge in [0.05, 0.1) is 11.5 Å². The van der Waals surface area contributed by atoms with E-state index in [1.165, 1.54) is 12.1 Å². The predicted molar refractivity (Wildman–Crippen MR) is 78.3 cm³/mol. The van der Waals surface area contributed by atoms with Gasteiger partial charge in [0.25, 0.3) is 10.1 Å². The number of rotatable bonds is 5. The third-order valence-electron chi connectivity index (χ3n) is 3.15. The van der Waals surface area contributed by atoms with E-state index in [1.54, 1.807) is 32.1 Å². The molecule has 1 saturated heterocycles. The summed E-state index contributed by atoms with van der Waals surface area (Å²) in [5.41, 5.74) is 0.981. The van der Waals surface area contributed by atoms with Crippen LogP contribution in [0.1, 0.15) is 19.4 Å². The zero-order chi connectivity index (χ0) is 15.7. The molecule has 1 fully saturated rings. The minimum absolute atomic E-state index is 0.115. The van der Waals surface area contributed by atoms with Crippen LogP contribution < -0.4 is 0 Å². The summed E-state index contributed by atoms with van der Waals surface area (Å²) in [6, 6.07) is 6.49. The van der Waals surface area contributed by atoms with Crippen molar-refractivity contribution in [2.24, 2.45) is 0 Å². The highest BCUT2D eigenvalue weighted by molar-refractivity contribution is 7.86. The quantitative estimate of drug-likeness (QED) is 0.617. The second-order valence-corrected chi connectivity index (χ2v) is 7.04. The molecule has 1 aliphatic rings. The molecule has 0 aliphatic carbocycles. The first-order chi connectivity index (χ1) is 9.73. The fourth-order valence-electron chi connectivity index (χ4n) is 2.12. The Morgan fingerprint density at radius 1 is 1.29 bits per heavy atom. The summed E-state index contributed by atoms with van der Waals surface area (Å²) in [4.78, 5) is 0.126. The van der Waals surface area contributed by atoms with Gasteiger partial charge in [0, 0.05) is 0 Å². The van der Waals surface area contributed by atoms with Crippen LogP contribution >= 0.6 is 0 Å². The van der Waals surface area contributed by atoms with Gasteiger partial charge >= 0.3 is 0 Å². The molecule has 116 valence electrons. The van der Waals surface area contributed by atoms with Crippen LogP contribution in [0.25, 0.3) is 0 Å². The van der Waals surface area contributed by atoms with Gasteiger partial charge in [-0.25, -0.2) is 0 Å². The van der Waals surface area contributed by atoms with Crippen LogP contribution in [0.3, 0.4) is 0 Å². The normalized spacial score (nSPS) is 24.9. The highest BCUT2D eigenvalue weighted by Gasteiger charge is 2.40. The summed E-state index contributed by atoms with van der Waals surface area (Å²) in [7, 11) is -3.80. The molecule has 0 unspecified atom stereocenters. The van der Waals surface area contributed by atoms with E-state index in [4.69, 9.17) is 13.7 Å². The minimum atomic E-state index is -3.80. The first kappa shape index (κ1) is 16.2. The van der Waals surface area contributed by atoms with Crippen molar-refractivity contribution in [3.8, 4) is 0 Å². The summed E-state index contributed by atoms with van der Waals surface area (Å²) >= 11 is 0. The van der Waals surface area contributed by atoms with E-state index in [1.807, 2.05) is 6.92 Å². The Kier molecular flexibility index (Phi) is 4.53. The molecule has 0 N–H and O–H groups in total. The van der Waals surface area contributed by atoms with Gasteiger partial charge in [0.15, 0.2) is 5.79 Å². The molecule has 21 heavy (non-hydrogen) atoms. The standard InChI is InChI=1S/C15H20O5S/c1-5-13-14(20-15(3,4)19-13)10-18-21(16,17)12-8-6-11(2)7-9-12/h5-9,13-14H,1,10H2,2-4H3/t13-,14+/m0/s1. The maximum absolute atomic E-state index is 12.1. The molecule has 0 spiro atoms. The molecule has 1 aliphatic heterocycles. The lowest BCUT2D eigenvalue weighted by Gasteiger charge is -2.16. The largest absolute Gasteiger partial charge is 0.342 e. The average Bonchev–Trinajstić information content (AvgIpc) is 2.72. The molecular weight excluding hydrogens is 292 g/mol. The van der Waals surface area contributed by atoms with Gasteiger partial charge in [-0.3, -0.25) is 4.18 Å². The Labute approximate surface area is 125 Å². The lowest BCUT2D eigenvalue weighted by Crippen LogP contribution is -2.28. The summed E-state index contributed by atoms with van der Waals surface area (Å²) in [6.07, 6.45) is 0.687. The third-order valence-corrected chi connectivity index (χ3v) is 4.45. The number of hydrogen-bond acceptors (Lipinski definition) is 5. The predicted octanol–water partition coefficient (Wildman–Crippen LogP) is 2.41. The number of benzene rings is 1. The van der Waals surface area contributed by atoms with Crippen molar-refractivity contribution in [1.29, 1.82) is 0 Å². The van der Waals surface area contributed by atoms with Crippen molar-refractivity contribution in [2.75, 3.05) is 6.61 Å². The van der Waals surface area contributed by atoms with Gasteiger partial charge < -0.3 is 9.47 Å². The molecular formula is C15H20O5S. The van der Waals surface area contributed by atoms with Crippen LogP contribution in [0.15, 0.2) is 41.8 Å². The van der Waals surface area contributed by atoms with Gasteiger partial charge in [-0.15, -0.1) is 6.58 Å². The Morgan fingerprint density at radius 3 is 2.48 bits per heavy atom. The lowest BCUT2D eigenvalue weighted by atomic mass is 10.2. The van der Waals surface area contributed by atoms with Gasteiger partial charge in [-0.1, -0.05) is 23.8 Å². The fraction of sp³-hybridized carbons (Fsp3) is 0.467. The average molecular weight is 312 g/mol. The van der Waals surface area contributed by atoms with Crippen molar-refractivity contribution in [1.82, 2.24) is 0 Å². The molecule has 2 rings (SSSR count). The Morgan fingerprint density at radius 2 is 1.90 bits per heavy atom. The van der Waals surface area contributed by atoms with Crippen molar-refractivity contribution in [3.05, 3.63) is 42.5 Å². The highest BCUT2D eigenvalue weighted by Crippen LogP contribution is 2.29. The first-order valence-electron chi connectivity index (χ1n) is 6.68. The molecule has 1 aromatic rings. The molecule has 2 atom stereocenters. The van der Waals surface area contributed by atoms with E-state index in [0.717, 1.165) is 5.56 Å². The minimum Gasteiger partial charge on any atom is -0.342 e. The number of aryl methyl sites for hydroxylation is 1. The first-order valence-corrected chi connectivity index (χ1v) is 8.09. The Bertz CT molecular complexity index is 603. The summed E-state index contributed by atoms with van der Waals surface area (Å²) in [5.74, 6) is -0.777. The smallest absolute Gasteiger partial charge is 0.297 e. The van der Waals surface area contributed by atoms with Crippen LogP contribution in [0.4, 0.5) is 0 Å². The lowest BCUT2D eigenvalue weighted by molar-refractivity contribution is -0.145. The van der Waals surface area contributed by atoms with Crippen molar-refractivity contribution in [2.45, 2.75) is 43.7 Å². The zero-order valence-electron chi connectivity index (χ0n) is 12.4. The van der Waals surface area contributed by atoms with E-state index < -0.39 is 28.1 Å². The molecule has 6 heteroatoms. The second kappa shape index (κ2) is 5.88. The van der Waals surface area contributed by atoms with Crippen LogP contribution in [0.2, 0.25) is 0 Å². The van der Waals surface area contributed by atoms with Gasteiger partial charge in [-0.05, 0) is 32.9 Å². The maximum atomic E-state index is 12.1. The molecule has 0 aromatic heterocycles. The van der Waals surface area contributed by atoms with Gasteiger partial charge in [-0.2, -0.15) is 8.42 Å². The van der Waals surface area contributed by atoms with E-state index in [-0.39, 0.29) is 11.5 Å². The second-order valence-electron chi connectivity index (χ2n) is 5.43. The molecule has 1 heterocycles. The molecule has 1 aromatic carbocycles. The number of hydrogen-bond donors (Lipinski definition) is 0. The maximum Gasteiger partial charge on any atom is 0.297 e. The molecule has 0 bridgehead atoms. The topological polar surface area (TPSA) is 61.8 Å². The summed E-state index contributed by atoms with van der Waals surface area (Å²) < 4.78 is 40.5. The van der Waals surface area contributed by atoms with Crippen LogP contribution in [-0.2, 0) is 23.8 Å². The summed E-state index contributed by atoms with van der Waals surface area (Å²) in [5, 5.41) is 0. The van der Waals surface area contributed by atoms with Crippen molar-refractivity contribution < 1.29 is 22.1 Å². The Hall–Kier alpha value is -1.21. The molecule has 0 saturated carbocycles. The third kappa shape index (κ3) is 3.91. The van der Waals surface area contributed by atoms with E-state index in [0.29, 0.717) is 0 Å². The Balaban J connectivity index is 2.05. The highest BCUT2D eigenvalue weighted by atomic mass is 32.2. The SMILES string of the molecule is C=C[C@@H]1OC(C)(C)O[C@@H]1COS(=O)(=O)c1ccc(C)cc1. The van der Waals surface area contributed by atoms with E-state index in [9.17, 15) is 8.42 Å². The van der Waals surface area contributed by atoms with Crippen LogP contribution in [0, 0.1) is 6.92 Å². The van der Waals surface area contributed by atoms with Crippen LogP contribution in [0.5, 0.6) is 0 Å². The van der Waals surface area contributed by atoms with Crippen LogP contribution in [-0.4, -0.2) is 33.0 Å². The van der Waals surface area contributed by atoms with E-state index in [2.05, 4.69) is 6.58 Å². The van der Waals surface area contributed by atoms with Crippen molar-refractivity contribution in [3.63, 3.8) is 0 Å². The summed E-state index contributed by atoms with van der Waals surface area (Å²) in [6.45, 7) is 8.96. The van der Waals surface area contributed by atoms with Gasteiger partial charge in [0.1, 0.15) is 12.2 Å². The zero-order valence-corrected chi connectivity index (χ0v) is 13.2. The van der Waals surface area contributed by atoms with Gasteiger partial charge in [0.2, 0.25) is 0 Å². The molecule has 5 nitrogen and oxygen atoms in total. The van der Waals surface area contributed by atoms with E-state index >= 15 is 0 Å².